The number of halogens is 3. The number of carbonyl (C=O) groups excluding carboxylic acids is 1. The Kier molecular flexibility index (Phi) is 3.88. The first-order valence-electron chi connectivity index (χ1n) is 6.12. The zero-order valence-electron chi connectivity index (χ0n) is 11.2. The summed E-state index contributed by atoms with van der Waals surface area (Å²) >= 11 is 0. The van der Waals surface area contributed by atoms with Crippen molar-refractivity contribution in [3.63, 3.8) is 0 Å². The molecule has 0 bridgehead atoms. The van der Waals surface area contributed by atoms with Crippen LogP contribution in [-0.4, -0.2) is 5.91 Å². The molecule has 0 saturated heterocycles. The fourth-order valence-corrected chi connectivity index (χ4v) is 1.83. The van der Waals surface area contributed by atoms with Gasteiger partial charge >= 0.3 is 6.18 Å². The Hall–Kier alpha value is -2.50. The smallest absolute Gasteiger partial charge is 0.398 e. The Morgan fingerprint density at radius 1 is 1.10 bits per heavy atom. The van der Waals surface area contributed by atoms with E-state index in [9.17, 15) is 18.0 Å². The topological polar surface area (TPSA) is 55.1 Å². The van der Waals surface area contributed by atoms with Crippen LogP contribution < -0.4 is 11.1 Å². The molecule has 0 saturated carbocycles. The van der Waals surface area contributed by atoms with Crippen LogP contribution in [0.15, 0.2) is 42.5 Å². The summed E-state index contributed by atoms with van der Waals surface area (Å²) in [6.45, 7) is 1.84. The quantitative estimate of drug-likeness (QED) is 0.827. The van der Waals surface area contributed by atoms with Crippen LogP contribution in [0.3, 0.4) is 0 Å². The average Bonchev–Trinajstić information content (AvgIpc) is 2.38. The number of hydrogen-bond acceptors (Lipinski definition) is 2. The summed E-state index contributed by atoms with van der Waals surface area (Å²) < 4.78 is 37.3. The summed E-state index contributed by atoms with van der Waals surface area (Å²) in [6.07, 6.45) is -4.40. The number of aryl methyl sites for hydroxylation is 1. The average molecular weight is 294 g/mol. The number of nitrogens with one attached hydrogen (secondary N) is 1. The fraction of sp³-hybridized carbons (Fsp3) is 0.133. The summed E-state index contributed by atoms with van der Waals surface area (Å²) in [6, 6.07) is 9.18. The maximum Gasteiger partial charge on any atom is 0.416 e. The first-order chi connectivity index (χ1) is 9.77. The lowest BCUT2D eigenvalue weighted by Crippen LogP contribution is -2.14. The Balaban J connectivity index is 2.16. The van der Waals surface area contributed by atoms with Crippen molar-refractivity contribution in [3.8, 4) is 0 Å². The van der Waals surface area contributed by atoms with E-state index in [0.29, 0.717) is 5.69 Å². The van der Waals surface area contributed by atoms with Crippen molar-refractivity contribution < 1.29 is 18.0 Å². The van der Waals surface area contributed by atoms with Gasteiger partial charge in [-0.05, 0) is 48.9 Å². The van der Waals surface area contributed by atoms with Gasteiger partial charge in [-0.25, -0.2) is 0 Å². The molecule has 2 aromatic carbocycles. The van der Waals surface area contributed by atoms with Gasteiger partial charge in [0.15, 0.2) is 0 Å². The molecule has 6 heteroatoms. The second-order valence-electron chi connectivity index (χ2n) is 4.62. The monoisotopic (exact) mass is 294 g/mol. The summed E-state index contributed by atoms with van der Waals surface area (Å²) in [7, 11) is 0. The van der Waals surface area contributed by atoms with Crippen LogP contribution in [0.2, 0.25) is 0 Å². The molecular formula is C15H13F3N2O. The van der Waals surface area contributed by atoms with Gasteiger partial charge in [0.2, 0.25) is 0 Å². The Bertz CT molecular complexity index is 664. The van der Waals surface area contributed by atoms with Crippen LogP contribution >= 0.6 is 0 Å². The van der Waals surface area contributed by atoms with Crippen LogP contribution in [0.25, 0.3) is 0 Å². The highest BCUT2D eigenvalue weighted by Gasteiger charge is 2.30. The van der Waals surface area contributed by atoms with Crippen molar-refractivity contribution in [2.24, 2.45) is 0 Å². The van der Waals surface area contributed by atoms with Crippen LogP contribution in [-0.2, 0) is 6.18 Å². The highest BCUT2D eigenvalue weighted by molar-refractivity contribution is 6.07. The zero-order valence-corrected chi connectivity index (χ0v) is 11.2. The minimum atomic E-state index is -4.40. The van der Waals surface area contributed by atoms with E-state index < -0.39 is 17.6 Å². The van der Waals surface area contributed by atoms with E-state index in [0.717, 1.165) is 17.7 Å². The standard InChI is InChI=1S/C15H13F3N2O/c1-9-2-7-12(13(19)8-9)14(21)20-11-5-3-10(4-6-11)15(16,17)18/h2-8H,19H2,1H3,(H,20,21). The number of nitrogen functional groups attached to an aromatic ring is 1. The van der Waals surface area contributed by atoms with Crippen LogP contribution in [0, 0.1) is 6.92 Å². The van der Waals surface area contributed by atoms with Gasteiger partial charge in [-0.15, -0.1) is 0 Å². The van der Waals surface area contributed by atoms with Crippen molar-refractivity contribution >= 4 is 17.3 Å². The third kappa shape index (κ3) is 3.53. The molecule has 21 heavy (non-hydrogen) atoms. The molecule has 0 atom stereocenters. The molecule has 0 radical (unpaired) electrons. The molecule has 1 amide bonds. The van der Waals surface area contributed by atoms with E-state index >= 15 is 0 Å². The van der Waals surface area contributed by atoms with Crippen molar-refractivity contribution in [1.29, 1.82) is 0 Å². The van der Waals surface area contributed by atoms with Crippen molar-refractivity contribution in [1.82, 2.24) is 0 Å². The predicted octanol–water partition coefficient (Wildman–Crippen LogP) is 3.85. The van der Waals surface area contributed by atoms with Gasteiger partial charge in [0.1, 0.15) is 0 Å². The molecule has 0 aliphatic rings. The van der Waals surface area contributed by atoms with E-state index in [1.54, 1.807) is 18.2 Å². The second-order valence-corrected chi connectivity index (χ2v) is 4.62. The molecule has 0 unspecified atom stereocenters. The third-order valence-electron chi connectivity index (χ3n) is 2.92. The molecule has 0 aliphatic heterocycles. The molecule has 2 aromatic rings. The van der Waals surface area contributed by atoms with Crippen molar-refractivity contribution in [2.75, 3.05) is 11.1 Å². The van der Waals surface area contributed by atoms with E-state index in [4.69, 9.17) is 5.73 Å². The van der Waals surface area contributed by atoms with Crippen molar-refractivity contribution in [2.45, 2.75) is 13.1 Å². The molecule has 3 N–H and O–H groups in total. The SMILES string of the molecule is Cc1ccc(C(=O)Nc2ccc(C(F)(F)F)cc2)c(N)c1. The van der Waals surface area contributed by atoms with Crippen molar-refractivity contribution in [3.05, 3.63) is 59.2 Å². The summed E-state index contributed by atoms with van der Waals surface area (Å²) in [5.74, 6) is -0.466. The van der Waals surface area contributed by atoms with E-state index in [2.05, 4.69) is 5.32 Å². The lowest BCUT2D eigenvalue weighted by Gasteiger charge is -2.10. The Morgan fingerprint density at radius 2 is 1.71 bits per heavy atom. The number of rotatable bonds is 2. The molecule has 110 valence electrons. The molecular weight excluding hydrogens is 281 g/mol. The maximum absolute atomic E-state index is 12.4. The summed E-state index contributed by atoms with van der Waals surface area (Å²) in [4.78, 5) is 12.0. The van der Waals surface area contributed by atoms with E-state index in [-0.39, 0.29) is 11.3 Å². The number of nitrogens with two attached hydrogens (primary N) is 1. The number of alkyl halides is 3. The Morgan fingerprint density at radius 3 is 2.24 bits per heavy atom. The van der Waals surface area contributed by atoms with Crippen LogP contribution in [0.4, 0.5) is 24.5 Å². The van der Waals surface area contributed by atoms with Gasteiger partial charge in [-0.3, -0.25) is 4.79 Å². The molecule has 0 fully saturated rings. The first-order valence-corrected chi connectivity index (χ1v) is 6.12. The van der Waals surface area contributed by atoms with Gasteiger partial charge in [0.05, 0.1) is 11.1 Å². The molecule has 3 nitrogen and oxygen atoms in total. The maximum atomic E-state index is 12.4. The van der Waals surface area contributed by atoms with E-state index in [1.807, 2.05) is 6.92 Å². The summed E-state index contributed by atoms with van der Waals surface area (Å²) in [5.41, 5.74) is 6.76. The van der Waals surface area contributed by atoms with Crippen LogP contribution in [0.1, 0.15) is 21.5 Å². The number of anilines is 2. The van der Waals surface area contributed by atoms with Gasteiger partial charge in [0.25, 0.3) is 5.91 Å². The highest BCUT2D eigenvalue weighted by Crippen LogP contribution is 2.30. The van der Waals surface area contributed by atoms with Crippen LogP contribution in [0.5, 0.6) is 0 Å². The zero-order chi connectivity index (χ0) is 15.6. The van der Waals surface area contributed by atoms with Gasteiger partial charge in [-0.1, -0.05) is 6.07 Å². The summed E-state index contributed by atoms with van der Waals surface area (Å²) in [5, 5.41) is 2.51. The number of benzene rings is 2. The largest absolute Gasteiger partial charge is 0.416 e. The normalized spacial score (nSPS) is 11.2. The molecule has 0 aromatic heterocycles. The molecule has 0 heterocycles. The van der Waals surface area contributed by atoms with E-state index in [1.165, 1.54) is 12.1 Å². The van der Waals surface area contributed by atoms with Gasteiger partial charge in [0, 0.05) is 11.4 Å². The van der Waals surface area contributed by atoms with Gasteiger partial charge < -0.3 is 11.1 Å². The molecule has 0 spiro atoms. The number of hydrogen-bond donors (Lipinski definition) is 2. The fourth-order valence-electron chi connectivity index (χ4n) is 1.83. The first kappa shape index (κ1) is 14.9. The number of carbonyl (C=O) groups is 1. The Labute approximate surface area is 119 Å². The number of amides is 1. The third-order valence-corrected chi connectivity index (χ3v) is 2.92. The highest BCUT2D eigenvalue weighted by atomic mass is 19.4. The lowest BCUT2D eigenvalue weighted by atomic mass is 10.1. The van der Waals surface area contributed by atoms with Gasteiger partial charge in [-0.2, -0.15) is 13.2 Å². The minimum absolute atomic E-state index is 0.271. The predicted molar refractivity (Wildman–Crippen MR) is 75.0 cm³/mol. The molecule has 2 rings (SSSR count). The molecule has 0 aliphatic carbocycles. The lowest BCUT2D eigenvalue weighted by molar-refractivity contribution is -0.137. The second kappa shape index (κ2) is 5.47. The minimum Gasteiger partial charge on any atom is -0.398 e.